The maximum atomic E-state index is 9.87. The Morgan fingerprint density at radius 3 is 2.76 bits per heavy atom. The minimum atomic E-state index is 0.514. The van der Waals surface area contributed by atoms with E-state index in [1.807, 2.05) is 30.3 Å². The fourth-order valence-electron chi connectivity index (χ4n) is 3.62. The summed E-state index contributed by atoms with van der Waals surface area (Å²) < 4.78 is 5.45. The molecule has 0 saturated carbocycles. The average molecular weight is 388 g/mol. The summed E-state index contributed by atoms with van der Waals surface area (Å²) in [5.41, 5.74) is 3.72. The molecule has 3 aromatic heterocycles. The molecular weight excluding hydrogens is 364 g/mol. The van der Waals surface area contributed by atoms with Crippen LogP contribution in [0.25, 0.3) is 0 Å². The molecule has 7 nitrogen and oxygen atoms in total. The van der Waals surface area contributed by atoms with Gasteiger partial charge in [0.1, 0.15) is 23.5 Å². The van der Waals surface area contributed by atoms with E-state index in [0.29, 0.717) is 24.5 Å². The van der Waals surface area contributed by atoms with Gasteiger partial charge in [-0.2, -0.15) is 5.26 Å². The number of likely N-dealkylation sites (N-methyl/N-ethyl adjacent to an activating group) is 1. The number of aromatic nitrogens is 2. The summed E-state index contributed by atoms with van der Waals surface area (Å²) in [6, 6.07) is 12.0. The molecule has 1 aliphatic heterocycles. The van der Waals surface area contributed by atoms with E-state index in [1.165, 1.54) is 0 Å². The van der Waals surface area contributed by atoms with Gasteiger partial charge in [0.2, 0.25) is 0 Å². The fourth-order valence-corrected chi connectivity index (χ4v) is 3.62. The van der Waals surface area contributed by atoms with E-state index in [2.05, 4.69) is 33.5 Å². The predicted octanol–water partition coefficient (Wildman–Crippen LogP) is 3.54. The minimum Gasteiger partial charge on any atom is -0.467 e. The lowest BCUT2D eigenvalue weighted by molar-refractivity contribution is 0.268. The molecule has 7 heteroatoms. The van der Waals surface area contributed by atoms with Gasteiger partial charge >= 0.3 is 0 Å². The third kappa shape index (κ3) is 4.23. The smallest absolute Gasteiger partial charge is 0.147 e. The summed E-state index contributed by atoms with van der Waals surface area (Å²) >= 11 is 0. The van der Waals surface area contributed by atoms with Crippen LogP contribution in [0.15, 0.2) is 47.2 Å². The summed E-state index contributed by atoms with van der Waals surface area (Å²) in [4.78, 5) is 11.5. The van der Waals surface area contributed by atoms with Gasteiger partial charge in [-0.25, -0.2) is 4.98 Å². The number of nitrogens with zero attached hydrogens (tertiary/aromatic N) is 4. The molecule has 0 amide bonds. The van der Waals surface area contributed by atoms with E-state index in [4.69, 9.17) is 9.40 Å². The van der Waals surface area contributed by atoms with E-state index in [0.717, 1.165) is 54.5 Å². The maximum absolute atomic E-state index is 9.87. The fraction of sp³-hybridized carbons (Fsp3) is 0.318. The van der Waals surface area contributed by atoms with Gasteiger partial charge in [0.25, 0.3) is 0 Å². The molecule has 0 atom stereocenters. The lowest BCUT2D eigenvalue weighted by Crippen LogP contribution is -2.32. The zero-order valence-electron chi connectivity index (χ0n) is 16.5. The second kappa shape index (κ2) is 8.76. The topological polar surface area (TPSA) is 90.0 Å². The van der Waals surface area contributed by atoms with Crippen molar-refractivity contribution in [2.24, 2.45) is 0 Å². The number of hydrogen-bond donors (Lipinski definition) is 2. The molecule has 0 saturated heterocycles. The van der Waals surface area contributed by atoms with Crippen LogP contribution >= 0.6 is 0 Å². The quantitative estimate of drug-likeness (QED) is 0.640. The first-order valence-electron chi connectivity index (χ1n) is 9.86. The van der Waals surface area contributed by atoms with Crippen LogP contribution in [0, 0.1) is 11.3 Å². The van der Waals surface area contributed by atoms with Gasteiger partial charge in [0.05, 0.1) is 30.6 Å². The van der Waals surface area contributed by atoms with Crippen molar-refractivity contribution < 1.29 is 4.42 Å². The molecule has 4 rings (SSSR count). The Morgan fingerprint density at radius 2 is 2.03 bits per heavy atom. The van der Waals surface area contributed by atoms with E-state index >= 15 is 0 Å². The van der Waals surface area contributed by atoms with Crippen LogP contribution in [-0.2, 0) is 26.1 Å². The second-order valence-electron chi connectivity index (χ2n) is 6.98. The number of nitrogens with one attached hydrogen (secondary N) is 2. The van der Waals surface area contributed by atoms with Gasteiger partial charge in [-0.3, -0.25) is 9.88 Å². The Bertz CT molecular complexity index is 994. The van der Waals surface area contributed by atoms with Crippen molar-refractivity contribution in [2.75, 3.05) is 23.7 Å². The summed E-state index contributed by atoms with van der Waals surface area (Å²) in [6.45, 7) is 5.92. The van der Waals surface area contributed by atoms with E-state index in [1.54, 1.807) is 12.5 Å². The maximum Gasteiger partial charge on any atom is 0.147 e. The molecule has 148 valence electrons. The lowest BCUT2D eigenvalue weighted by atomic mass is 9.95. The Hall–Kier alpha value is -3.37. The molecule has 29 heavy (non-hydrogen) atoms. The van der Waals surface area contributed by atoms with Crippen molar-refractivity contribution in [2.45, 2.75) is 33.0 Å². The highest BCUT2D eigenvalue weighted by molar-refractivity contribution is 5.66. The molecular formula is C22H24N6O. The Balaban J connectivity index is 1.66. The van der Waals surface area contributed by atoms with Crippen molar-refractivity contribution in [1.82, 2.24) is 14.9 Å². The van der Waals surface area contributed by atoms with Gasteiger partial charge in [-0.05, 0) is 42.8 Å². The number of hydrogen-bond acceptors (Lipinski definition) is 7. The normalized spacial score (nSPS) is 13.5. The largest absolute Gasteiger partial charge is 0.467 e. The highest BCUT2D eigenvalue weighted by Gasteiger charge is 2.25. The van der Waals surface area contributed by atoms with Crippen molar-refractivity contribution in [1.29, 1.82) is 5.26 Å². The molecule has 1 aliphatic rings. The number of anilines is 2. The van der Waals surface area contributed by atoms with Crippen LogP contribution in [0.2, 0.25) is 0 Å². The standard InChI is InChI=1S/C22H24N6O/c1-2-28-10-8-18-19(12-23)21(25-13-16-6-3-4-9-24-16)27-22(20(18)15-28)26-14-17-7-5-11-29-17/h3-7,9,11H,2,8,10,13-15H2,1H3,(H2,25,26,27). The SMILES string of the molecule is CCN1CCc2c(C#N)c(NCc3ccccn3)nc(NCc3ccco3)c2C1. The van der Waals surface area contributed by atoms with Crippen LogP contribution in [0.5, 0.6) is 0 Å². The third-order valence-corrected chi connectivity index (χ3v) is 5.20. The highest BCUT2D eigenvalue weighted by atomic mass is 16.3. The van der Waals surface area contributed by atoms with Crippen molar-refractivity contribution in [3.8, 4) is 6.07 Å². The zero-order valence-corrected chi connectivity index (χ0v) is 16.5. The predicted molar refractivity (Wildman–Crippen MR) is 111 cm³/mol. The van der Waals surface area contributed by atoms with E-state index in [9.17, 15) is 5.26 Å². The molecule has 4 heterocycles. The van der Waals surface area contributed by atoms with Crippen molar-refractivity contribution >= 4 is 11.6 Å². The molecule has 3 aromatic rings. The van der Waals surface area contributed by atoms with Crippen LogP contribution in [0.4, 0.5) is 11.6 Å². The van der Waals surface area contributed by atoms with Gasteiger partial charge in [-0.1, -0.05) is 13.0 Å². The highest BCUT2D eigenvalue weighted by Crippen LogP contribution is 2.32. The summed E-state index contributed by atoms with van der Waals surface area (Å²) in [7, 11) is 0. The number of nitriles is 1. The van der Waals surface area contributed by atoms with Gasteiger partial charge in [0.15, 0.2) is 0 Å². The lowest BCUT2D eigenvalue weighted by Gasteiger charge is -2.30. The first-order chi connectivity index (χ1) is 14.3. The molecule has 0 radical (unpaired) electrons. The number of furan rings is 1. The number of pyridine rings is 2. The first-order valence-corrected chi connectivity index (χ1v) is 9.86. The molecule has 0 spiro atoms. The van der Waals surface area contributed by atoms with Crippen LogP contribution in [-0.4, -0.2) is 28.0 Å². The summed E-state index contributed by atoms with van der Waals surface area (Å²) in [5.74, 6) is 2.25. The minimum absolute atomic E-state index is 0.514. The zero-order chi connectivity index (χ0) is 20.1. The molecule has 0 bridgehead atoms. The first kappa shape index (κ1) is 19.0. The molecule has 2 N–H and O–H groups in total. The molecule has 0 unspecified atom stereocenters. The van der Waals surface area contributed by atoms with Crippen LogP contribution < -0.4 is 10.6 Å². The van der Waals surface area contributed by atoms with E-state index in [-0.39, 0.29) is 0 Å². The Kier molecular flexibility index (Phi) is 5.73. The average Bonchev–Trinajstić information content (AvgIpc) is 3.30. The van der Waals surface area contributed by atoms with Crippen molar-refractivity contribution in [3.05, 3.63) is 70.9 Å². The Morgan fingerprint density at radius 1 is 1.14 bits per heavy atom. The molecule has 0 fully saturated rings. The van der Waals surface area contributed by atoms with Gasteiger partial charge in [-0.15, -0.1) is 0 Å². The monoisotopic (exact) mass is 388 g/mol. The third-order valence-electron chi connectivity index (χ3n) is 5.20. The Labute approximate surface area is 170 Å². The van der Waals surface area contributed by atoms with Crippen molar-refractivity contribution in [3.63, 3.8) is 0 Å². The van der Waals surface area contributed by atoms with Gasteiger partial charge < -0.3 is 15.1 Å². The molecule has 0 aromatic carbocycles. The van der Waals surface area contributed by atoms with Crippen LogP contribution in [0.3, 0.4) is 0 Å². The van der Waals surface area contributed by atoms with Crippen LogP contribution in [0.1, 0.15) is 35.1 Å². The number of fused-ring (bicyclic) bond motifs is 1. The molecule has 0 aliphatic carbocycles. The second-order valence-corrected chi connectivity index (χ2v) is 6.98. The van der Waals surface area contributed by atoms with E-state index < -0.39 is 0 Å². The summed E-state index contributed by atoms with van der Waals surface area (Å²) in [5, 5.41) is 16.6. The number of rotatable bonds is 7. The summed E-state index contributed by atoms with van der Waals surface area (Å²) in [6.07, 6.45) is 4.26. The van der Waals surface area contributed by atoms with Gasteiger partial charge in [0, 0.05) is 24.8 Å².